The quantitative estimate of drug-likeness (QED) is 0.871. The Kier molecular flexibility index (Phi) is 5.30. The first-order valence-corrected chi connectivity index (χ1v) is 7.66. The van der Waals surface area contributed by atoms with Crippen LogP contribution in [0, 0.1) is 0 Å². The van der Waals surface area contributed by atoms with Crippen LogP contribution < -0.4 is 10.1 Å². The van der Waals surface area contributed by atoms with Gasteiger partial charge in [-0.1, -0.05) is 24.4 Å². The largest absolute Gasteiger partial charge is 0.496 e. The Labute approximate surface area is 127 Å². The topological polar surface area (TPSA) is 24.5 Å². The van der Waals surface area contributed by atoms with E-state index in [1.165, 1.54) is 25.7 Å². The second kappa shape index (κ2) is 6.79. The van der Waals surface area contributed by atoms with Gasteiger partial charge in [-0.25, -0.2) is 0 Å². The lowest BCUT2D eigenvalue weighted by Crippen LogP contribution is -2.49. The van der Waals surface area contributed by atoms with E-state index < -0.39 is 0 Å². The molecule has 1 saturated carbocycles. The fraction of sp³-hybridized carbons (Fsp3) is 0.625. The summed E-state index contributed by atoms with van der Waals surface area (Å²) in [6.07, 6.45) is 5.22. The number of nitrogens with one attached hydrogen (secondary N) is 1. The van der Waals surface area contributed by atoms with Gasteiger partial charge < -0.3 is 15.0 Å². The Bertz CT molecular complexity index is 442. The van der Waals surface area contributed by atoms with Crippen LogP contribution in [-0.4, -0.2) is 38.2 Å². The van der Waals surface area contributed by atoms with Gasteiger partial charge in [0.2, 0.25) is 0 Å². The molecule has 0 amide bonds. The van der Waals surface area contributed by atoms with Crippen molar-refractivity contribution in [2.24, 2.45) is 0 Å². The zero-order valence-electron chi connectivity index (χ0n) is 12.7. The van der Waals surface area contributed by atoms with Crippen LogP contribution in [0.1, 0.15) is 31.2 Å². The standard InChI is InChI=1S/C16H25ClN2O/c1-19(2)16(8-4-5-9-16)12-18-11-13-10-14(17)6-7-15(13)20-3/h6-7,10,18H,4-5,8-9,11-12H2,1-3H3. The zero-order valence-corrected chi connectivity index (χ0v) is 13.5. The highest BCUT2D eigenvalue weighted by molar-refractivity contribution is 6.30. The van der Waals surface area contributed by atoms with E-state index in [0.29, 0.717) is 5.54 Å². The Morgan fingerprint density at radius 3 is 2.60 bits per heavy atom. The van der Waals surface area contributed by atoms with Gasteiger partial charge >= 0.3 is 0 Å². The molecule has 1 fully saturated rings. The van der Waals surface area contributed by atoms with Gasteiger partial charge in [0.05, 0.1) is 7.11 Å². The summed E-state index contributed by atoms with van der Waals surface area (Å²) >= 11 is 6.07. The molecule has 0 unspecified atom stereocenters. The van der Waals surface area contributed by atoms with Crippen molar-refractivity contribution in [3.8, 4) is 5.75 Å². The summed E-state index contributed by atoms with van der Waals surface area (Å²) in [5.41, 5.74) is 1.43. The molecular weight excluding hydrogens is 272 g/mol. The molecule has 0 atom stereocenters. The van der Waals surface area contributed by atoms with E-state index in [9.17, 15) is 0 Å². The molecule has 112 valence electrons. The summed E-state index contributed by atoms with van der Waals surface area (Å²) in [7, 11) is 6.07. The fourth-order valence-electron chi connectivity index (χ4n) is 3.13. The molecule has 0 aromatic heterocycles. The average Bonchev–Trinajstić information content (AvgIpc) is 2.89. The summed E-state index contributed by atoms with van der Waals surface area (Å²) in [4.78, 5) is 2.38. The molecule has 20 heavy (non-hydrogen) atoms. The Balaban J connectivity index is 1.97. The first-order valence-electron chi connectivity index (χ1n) is 7.28. The third-order valence-corrected chi connectivity index (χ3v) is 4.73. The van der Waals surface area contributed by atoms with Gasteiger partial charge in [0.1, 0.15) is 5.75 Å². The Morgan fingerprint density at radius 1 is 1.30 bits per heavy atom. The van der Waals surface area contributed by atoms with Crippen LogP contribution in [0.3, 0.4) is 0 Å². The lowest BCUT2D eigenvalue weighted by Gasteiger charge is -2.36. The molecule has 0 saturated heterocycles. The Morgan fingerprint density at radius 2 is 2.00 bits per heavy atom. The van der Waals surface area contributed by atoms with Crippen LogP contribution in [0.25, 0.3) is 0 Å². The minimum absolute atomic E-state index is 0.311. The van der Waals surface area contributed by atoms with Crippen molar-refractivity contribution >= 4 is 11.6 Å². The lowest BCUT2D eigenvalue weighted by molar-refractivity contribution is 0.153. The highest BCUT2D eigenvalue weighted by atomic mass is 35.5. The summed E-state index contributed by atoms with van der Waals surface area (Å²) in [5, 5.41) is 4.34. The normalized spacial score (nSPS) is 17.6. The minimum Gasteiger partial charge on any atom is -0.496 e. The van der Waals surface area contributed by atoms with Crippen LogP contribution in [0.5, 0.6) is 5.75 Å². The number of ether oxygens (including phenoxy) is 1. The molecule has 0 radical (unpaired) electrons. The van der Waals surface area contributed by atoms with E-state index in [4.69, 9.17) is 16.3 Å². The minimum atomic E-state index is 0.311. The van der Waals surface area contributed by atoms with Gasteiger partial charge in [-0.15, -0.1) is 0 Å². The van der Waals surface area contributed by atoms with E-state index in [-0.39, 0.29) is 0 Å². The maximum Gasteiger partial charge on any atom is 0.123 e. The SMILES string of the molecule is COc1ccc(Cl)cc1CNCC1(N(C)C)CCCC1. The third-order valence-electron chi connectivity index (χ3n) is 4.49. The van der Waals surface area contributed by atoms with E-state index >= 15 is 0 Å². The first-order chi connectivity index (χ1) is 9.57. The molecule has 3 nitrogen and oxygen atoms in total. The number of likely N-dealkylation sites (N-methyl/N-ethyl adjacent to an activating group) is 1. The molecule has 0 aliphatic heterocycles. The summed E-state index contributed by atoms with van der Waals surface area (Å²) in [6.45, 7) is 1.80. The second-order valence-electron chi connectivity index (χ2n) is 5.89. The molecule has 4 heteroatoms. The monoisotopic (exact) mass is 296 g/mol. The van der Waals surface area contributed by atoms with Crippen LogP contribution in [0.2, 0.25) is 5.02 Å². The van der Waals surface area contributed by atoms with E-state index in [1.807, 2.05) is 18.2 Å². The van der Waals surface area contributed by atoms with Crippen molar-refractivity contribution in [3.63, 3.8) is 0 Å². The summed E-state index contributed by atoms with van der Waals surface area (Å²) in [5.74, 6) is 0.896. The van der Waals surface area contributed by atoms with Crippen LogP contribution in [0.4, 0.5) is 0 Å². The van der Waals surface area contributed by atoms with Crippen molar-refractivity contribution in [2.75, 3.05) is 27.7 Å². The molecule has 1 aliphatic rings. The Hall–Kier alpha value is -0.770. The number of methoxy groups -OCH3 is 1. The number of hydrogen-bond donors (Lipinski definition) is 1. The number of rotatable bonds is 6. The van der Waals surface area contributed by atoms with Gasteiger partial charge in [0, 0.05) is 29.2 Å². The average molecular weight is 297 g/mol. The van der Waals surface area contributed by atoms with Crippen LogP contribution >= 0.6 is 11.6 Å². The smallest absolute Gasteiger partial charge is 0.123 e. The molecule has 1 aromatic rings. The van der Waals surface area contributed by atoms with Crippen molar-refractivity contribution in [1.82, 2.24) is 10.2 Å². The molecule has 0 spiro atoms. The zero-order chi connectivity index (χ0) is 14.6. The number of benzene rings is 1. The molecular formula is C16H25ClN2O. The molecule has 0 bridgehead atoms. The fourth-order valence-corrected chi connectivity index (χ4v) is 3.33. The van der Waals surface area contributed by atoms with Crippen LogP contribution in [0.15, 0.2) is 18.2 Å². The van der Waals surface area contributed by atoms with E-state index in [2.05, 4.69) is 24.3 Å². The number of halogens is 1. The summed E-state index contributed by atoms with van der Waals surface area (Å²) < 4.78 is 5.39. The molecule has 1 aliphatic carbocycles. The first kappa shape index (κ1) is 15.6. The molecule has 1 aromatic carbocycles. The highest BCUT2D eigenvalue weighted by Gasteiger charge is 2.35. The lowest BCUT2D eigenvalue weighted by atomic mass is 9.96. The highest BCUT2D eigenvalue weighted by Crippen LogP contribution is 2.33. The third kappa shape index (κ3) is 3.46. The van der Waals surface area contributed by atoms with Crippen molar-refractivity contribution in [1.29, 1.82) is 0 Å². The molecule has 0 heterocycles. The van der Waals surface area contributed by atoms with Crippen LogP contribution in [-0.2, 0) is 6.54 Å². The molecule has 1 N–H and O–H groups in total. The van der Waals surface area contributed by atoms with Crippen molar-refractivity contribution in [2.45, 2.75) is 37.8 Å². The number of nitrogens with zero attached hydrogens (tertiary/aromatic N) is 1. The van der Waals surface area contributed by atoms with Crippen molar-refractivity contribution in [3.05, 3.63) is 28.8 Å². The predicted molar refractivity (Wildman–Crippen MR) is 84.6 cm³/mol. The predicted octanol–water partition coefficient (Wildman–Crippen LogP) is 3.31. The van der Waals surface area contributed by atoms with Crippen molar-refractivity contribution < 1.29 is 4.74 Å². The van der Waals surface area contributed by atoms with Gasteiger partial charge in [-0.3, -0.25) is 0 Å². The maximum absolute atomic E-state index is 6.07. The second-order valence-corrected chi connectivity index (χ2v) is 6.32. The van der Waals surface area contributed by atoms with Gasteiger partial charge in [-0.05, 0) is 45.1 Å². The summed E-state index contributed by atoms with van der Waals surface area (Å²) in [6, 6.07) is 5.77. The number of hydrogen-bond acceptors (Lipinski definition) is 3. The van der Waals surface area contributed by atoms with Gasteiger partial charge in [0.25, 0.3) is 0 Å². The van der Waals surface area contributed by atoms with E-state index in [1.54, 1.807) is 7.11 Å². The van der Waals surface area contributed by atoms with Gasteiger partial charge in [-0.2, -0.15) is 0 Å². The molecule has 2 rings (SSSR count). The van der Waals surface area contributed by atoms with E-state index in [0.717, 1.165) is 29.4 Å². The van der Waals surface area contributed by atoms with Gasteiger partial charge in [0.15, 0.2) is 0 Å². The maximum atomic E-state index is 6.07.